The van der Waals surface area contributed by atoms with E-state index in [2.05, 4.69) is 26.5 Å². The molecule has 0 radical (unpaired) electrons. The van der Waals surface area contributed by atoms with E-state index in [4.69, 9.17) is 4.74 Å². The first kappa shape index (κ1) is 21.7. The lowest BCUT2D eigenvalue weighted by Crippen LogP contribution is -2.19. The van der Waals surface area contributed by atoms with E-state index in [1.54, 1.807) is 18.3 Å². The first-order valence-electron chi connectivity index (χ1n) is 10.0. The Labute approximate surface area is 193 Å². The lowest BCUT2D eigenvalue weighted by atomic mass is 10.0. The molecular weight excluding hydrogens is 471 g/mol. The summed E-state index contributed by atoms with van der Waals surface area (Å²) in [5.74, 6) is 0.127. The van der Waals surface area contributed by atoms with Gasteiger partial charge in [-0.2, -0.15) is 5.10 Å². The summed E-state index contributed by atoms with van der Waals surface area (Å²) >= 11 is 3.38. The minimum absolute atomic E-state index is 0.211. The van der Waals surface area contributed by atoms with Crippen LogP contribution in [0.15, 0.2) is 94.5 Å². The molecule has 0 unspecified atom stereocenters. The van der Waals surface area contributed by atoms with Gasteiger partial charge in [-0.1, -0.05) is 70.5 Å². The highest BCUT2D eigenvalue weighted by atomic mass is 79.9. The number of hydrazone groups is 1. The molecule has 4 aromatic rings. The van der Waals surface area contributed by atoms with Gasteiger partial charge in [-0.3, -0.25) is 4.79 Å². The Morgan fingerprint density at radius 3 is 2.44 bits per heavy atom. The second kappa shape index (κ2) is 10.2. The van der Waals surface area contributed by atoms with Crippen molar-refractivity contribution < 1.29 is 13.9 Å². The molecule has 0 saturated carbocycles. The zero-order chi connectivity index (χ0) is 22.3. The van der Waals surface area contributed by atoms with Crippen LogP contribution in [0.5, 0.6) is 5.75 Å². The van der Waals surface area contributed by atoms with Gasteiger partial charge in [0.1, 0.15) is 18.2 Å². The van der Waals surface area contributed by atoms with Crippen LogP contribution in [0.4, 0.5) is 4.39 Å². The Bertz CT molecular complexity index is 1260. The highest BCUT2D eigenvalue weighted by Crippen LogP contribution is 2.27. The van der Waals surface area contributed by atoms with Crippen molar-refractivity contribution in [1.29, 1.82) is 0 Å². The fourth-order valence-electron chi connectivity index (χ4n) is 3.27. The maximum atomic E-state index is 13.2. The van der Waals surface area contributed by atoms with Crippen LogP contribution in [-0.4, -0.2) is 12.1 Å². The molecule has 0 saturated heterocycles. The van der Waals surface area contributed by atoms with Crippen molar-refractivity contribution in [2.75, 3.05) is 0 Å². The summed E-state index contributed by atoms with van der Waals surface area (Å²) in [6, 6.07) is 25.5. The summed E-state index contributed by atoms with van der Waals surface area (Å²) in [5.41, 5.74) is 5.10. The molecule has 160 valence electrons. The van der Waals surface area contributed by atoms with Crippen LogP contribution in [0.3, 0.4) is 0 Å². The molecule has 6 heteroatoms. The number of hydrogen-bond acceptors (Lipinski definition) is 3. The van der Waals surface area contributed by atoms with E-state index in [0.29, 0.717) is 5.75 Å². The molecule has 0 aliphatic rings. The molecule has 1 amide bonds. The predicted octanol–water partition coefficient (Wildman–Crippen LogP) is 6.01. The first-order valence-corrected chi connectivity index (χ1v) is 10.8. The van der Waals surface area contributed by atoms with Gasteiger partial charge in [-0.25, -0.2) is 9.82 Å². The van der Waals surface area contributed by atoms with Crippen molar-refractivity contribution in [2.45, 2.75) is 13.0 Å². The summed E-state index contributed by atoms with van der Waals surface area (Å²) in [6.07, 6.45) is 1.83. The van der Waals surface area contributed by atoms with Crippen LogP contribution < -0.4 is 10.2 Å². The van der Waals surface area contributed by atoms with Gasteiger partial charge in [0.2, 0.25) is 5.91 Å². The molecule has 0 atom stereocenters. The Morgan fingerprint density at radius 2 is 1.66 bits per heavy atom. The number of nitrogens with zero attached hydrogens (tertiary/aromatic N) is 1. The van der Waals surface area contributed by atoms with E-state index in [0.717, 1.165) is 31.9 Å². The highest BCUT2D eigenvalue weighted by Gasteiger charge is 2.09. The van der Waals surface area contributed by atoms with Crippen LogP contribution in [0, 0.1) is 5.82 Å². The number of nitrogens with one attached hydrogen (secondary N) is 1. The van der Waals surface area contributed by atoms with E-state index < -0.39 is 0 Å². The maximum Gasteiger partial charge on any atom is 0.244 e. The Hall–Kier alpha value is -3.51. The first-order chi connectivity index (χ1) is 15.6. The molecule has 0 aliphatic heterocycles. The smallest absolute Gasteiger partial charge is 0.244 e. The third-order valence-corrected chi connectivity index (χ3v) is 5.43. The number of ether oxygens (including phenoxy) is 1. The molecule has 4 aromatic carbocycles. The molecule has 0 spiro atoms. The van der Waals surface area contributed by atoms with Gasteiger partial charge in [0.05, 0.1) is 12.6 Å². The van der Waals surface area contributed by atoms with Crippen LogP contribution in [0.2, 0.25) is 0 Å². The summed E-state index contributed by atoms with van der Waals surface area (Å²) in [5, 5.41) is 6.15. The number of fused-ring (bicyclic) bond motifs is 1. The number of halogens is 2. The van der Waals surface area contributed by atoms with Gasteiger partial charge in [-0.05, 0) is 52.2 Å². The van der Waals surface area contributed by atoms with Gasteiger partial charge in [0.15, 0.2) is 0 Å². The molecule has 0 bridgehead atoms. The third-order valence-electron chi connectivity index (χ3n) is 4.90. The van der Waals surface area contributed by atoms with E-state index >= 15 is 0 Å². The molecule has 32 heavy (non-hydrogen) atoms. The number of carbonyl (C=O) groups excluding carboxylic acids is 1. The zero-order valence-corrected chi connectivity index (χ0v) is 18.7. The topological polar surface area (TPSA) is 50.7 Å². The van der Waals surface area contributed by atoms with Gasteiger partial charge < -0.3 is 4.74 Å². The van der Waals surface area contributed by atoms with Gasteiger partial charge in [-0.15, -0.1) is 0 Å². The van der Waals surface area contributed by atoms with Crippen molar-refractivity contribution in [2.24, 2.45) is 5.10 Å². The largest absolute Gasteiger partial charge is 0.488 e. The number of benzene rings is 4. The fraction of sp³-hybridized carbons (Fsp3) is 0.0769. The number of amides is 1. The minimum atomic E-state index is -0.286. The molecular formula is C26H20BrFN2O2. The SMILES string of the molecule is O=C(Cc1ccc(Br)cc1)N/N=C\c1c(OCc2ccc(F)cc2)ccc2ccccc12. The molecule has 0 fully saturated rings. The quantitative estimate of drug-likeness (QED) is 0.254. The fourth-order valence-corrected chi connectivity index (χ4v) is 3.54. The summed E-state index contributed by atoms with van der Waals surface area (Å²) in [6.45, 7) is 0.287. The van der Waals surface area contributed by atoms with E-state index in [9.17, 15) is 9.18 Å². The van der Waals surface area contributed by atoms with Gasteiger partial charge in [0.25, 0.3) is 0 Å². The molecule has 1 N–H and O–H groups in total. The molecule has 0 heterocycles. The van der Waals surface area contributed by atoms with Crippen LogP contribution in [-0.2, 0) is 17.8 Å². The second-order valence-electron chi connectivity index (χ2n) is 7.21. The standard InChI is InChI=1S/C26H20BrFN2O2/c27-21-10-5-18(6-11-21)15-26(31)30-29-16-24-23-4-2-1-3-20(23)9-14-25(24)32-17-19-7-12-22(28)13-8-19/h1-14,16H,15,17H2,(H,30,31)/b29-16-. The Kier molecular flexibility index (Phi) is 6.92. The average Bonchev–Trinajstić information content (AvgIpc) is 2.81. The minimum Gasteiger partial charge on any atom is -0.488 e. The second-order valence-corrected chi connectivity index (χ2v) is 8.13. The van der Waals surface area contributed by atoms with E-state index in [1.165, 1.54) is 12.1 Å². The normalized spacial score (nSPS) is 11.1. The van der Waals surface area contributed by atoms with Crippen molar-refractivity contribution in [3.05, 3.63) is 112 Å². The molecule has 0 aliphatic carbocycles. The van der Waals surface area contributed by atoms with Gasteiger partial charge in [0, 0.05) is 10.0 Å². The molecule has 4 rings (SSSR count). The maximum absolute atomic E-state index is 13.2. The number of hydrogen-bond donors (Lipinski definition) is 1. The van der Waals surface area contributed by atoms with Gasteiger partial charge >= 0.3 is 0 Å². The van der Waals surface area contributed by atoms with Crippen LogP contribution >= 0.6 is 15.9 Å². The van der Waals surface area contributed by atoms with Crippen molar-refractivity contribution >= 4 is 38.8 Å². The Morgan fingerprint density at radius 1 is 0.938 bits per heavy atom. The van der Waals surface area contributed by atoms with E-state index in [1.807, 2.05) is 60.7 Å². The van der Waals surface area contributed by atoms with Crippen LogP contribution in [0.25, 0.3) is 10.8 Å². The zero-order valence-electron chi connectivity index (χ0n) is 17.1. The monoisotopic (exact) mass is 490 g/mol. The number of rotatable bonds is 7. The lowest BCUT2D eigenvalue weighted by molar-refractivity contribution is -0.120. The summed E-state index contributed by atoms with van der Waals surface area (Å²) in [4.78, 5) is 12.3. The molecule has 0 aromatic heterocycles. The molecule has 4 nitrogen and oxygen atoms in total. The lowest BCUT2D eigenvalue weighted by Gasteiger charge is -2.12. The predicted molar refractivity (Wildman–Crippen MR) is 128 cm³/mol. The number of carbonyl (C=O) groups is 1. The average molecular weight is 491 g/mol. The summed E-state index contributed by atoms with van der Waals surface area (Å²) < 4.78 is 20.1. The van der Waals surface area contributed by atoms with Crippen molar-refractivity contribution in [1.82, 2.24) is 5.43 Å². The third kappa shape index (κ3) is 5.59. The van der Waals surface area contributed by atoms with E-state index in [-0.39, 0.29) is 24.8 Å². The van der Waals surface area contributed by atoms with Crippen LogP contribution in [0.1, 0.15) is 16.7 Å². The van der Waals surface area contributed by atoms with Crippen molar-refractivity contribution in [3.63, 3.8) is 0 Å². The van der Waals surface area contributed by atoms with Crippen molar-refractivity contribution in [3.8, 4) is 5.75 Å². The highest BCUT2D eigenvalue weighted by molar-refractivity contribution is 9.10. The summed E-state index contributed by atoms with van der Waals surface area (Å²) in [7, 11) is 0. The Balaban J connectivity index is 1.51.